The van der Waals surface area contributed by atoms with Crippen molar-refractivity contribution in [3.05, 3.63) is 12.2 Å². The topological polar surface area (TPSA) is 9.23 Å². The molecule has 1 heteroatoms. The van der Waals surface area contributed by atoms with Crippen LogP contribution in [0.15, 0.2) is 12.2 Å². The molecule has 1 nitrogen and oxygen atoms in total. The Hall–Kier alpha value is -0.300. The normalized spacial score (nSPS) is 40.7. The third kappa shape index (κ3) is 1.31. The fourth-order valence-corrected chi connectivity index (χ4v) is 2.75. The molecule has 4 atom stereocenters. The Balaban J connectivity index is 1.93. The SMILES string of the molecule is CCOC(C)C1CC2C=CC1C2. The molecule has 2 rings (SSSR count). The second kappa shape index (κ2) is 3.21. The van der Waals surface area contributed by atoms with Crippen molar-refractivity contribution in [1.29, 1.82) is 0 Å². The van der Waals surface area contributed by atoms with Crippen LogP contribution >= 0.6 is 0 Å². The molecule has 0 aromatic rings. The predicted molar refractivity (Wildman–Crippen MR) is 49.9 cm³/mol. The molecule has 0 radical (unpaired) electrons. The fourth-order valence-electron chi connectivity index (χ4n) is 2.75. The third-order valence-electron chi connectivity index (χ3n) is 3.36. The summed E-state index contributed by atoms with van der Waals surface area (Å²) in [7, 11) is 0. The molecule has 0 aromatic carbocycles. The van der Waals surface area contributed by atoms with Gasteiger partial charge in [0.2, 0.25) is 0 Å². The van der Waals surface area contributed by atoms with Gasteiger partial charge < -0.3 is 4.74 Å². The van der Waals surface area contributed by atoms with Gasteiger partial charge in [-0.1, -0.05) is 12.2 Å². The highest BCUT2D eigenvalue weighted by Gasteiger charge is 2.38. The molecule has 12 heavy (non-hydrogen) atoms. The number of ether oxygens (including phenoxy) is 1. The van der Waals surface area contributed by atoms with Crippen LogP contribution in [0.5, 0.6) is 0 Å². The van der Waals surface area contributed by atoms with Crippen LogP contribution in [0.3, 0.4) is 0 Å². The maximum Gasteiger partial charge on any atom is 0.0580 e. The molecule has 0 aromatic heterocycles. The van der Waals surface area contributed by atoms with Gasteiger partial charge in [-0.2, -0.15) is 0 Å². The van der Waals surface area contributed by atoms with Crippen molar-refractivity contribution in [2.45, 2.75) is 32.8 Å². The Morgan fingerprint density at radius 2 is 2.25 bits per heavy atom. The molecular formula is C11H18O. The van der Waals surface area contributed by atoms with E-state index in [-0.39, 0.29) is 0 Å². The highest BCUT2D eigenvalue weighted by atomic mass is 16.5. The minimum atomic E-state index is 0.468. The van der Waals surface area contributed by atoms with E-state index in [1.165, 1.54) is 12.8 Å². The van der Waals surface area contributed by atoms with Gasteiger partial charge in [-0.25, -0.2) is 0 Å². The van der Waals surface area contributed by atoms with Crippen LogP contribution in [0, 0.1) is 17.8 Å². The Bertz CT molecular complexity index is 185. The van der Waals surface area contributed by atoms with Gasteiger partial charge in [-0.05, 0) is 44.4 Å². The van der Waals surface area contributed by atoms with Gasteiger partial charge >= 0.3 is 0 Å². The summed E-state index contributed by atoms with van der Waals surface area (Å²) >= 11 is 0. The Labute approximate surface area is 74.8 Å². The lowest BCUT2D eigenvalue weighted by Crippen LogP contribution is -2.24. The van der Waals surface area contributed by atoms with Gasteiger partial charge in [0, 0.05) is 6.61 Å². The Kier molecular flexibility index (Phi) is 2.22. The zero-order valence-electron chi connectivity index (χ0n) is 7.99. The van der Waals surface area contributed by atoms with E-state index in [0.717, 1.165) is 24.4 Å². The number of rotatable bonds is 3. The zero-order chi connectivity index (χ0) is 8.55. The van der Waals surface area contributed by atoms with Crippen molar-refractivity contribution in [2.24, 2.45) is 17.8 Å². The van der Waals surface area contributed by atoms with Crippen LogP contribution < -0.4 is 0 Å². The summed E-state index contributed by atoms with van der Waals surface area (Å²) in [6, 6.07) is 0. The van der Waals surface area contributed by atoms with E-state index in [2.05, 4.69) is 26.0 Å². The van der Waals surface area contributed by atoms with E-state index < -0.39 is 0 Å². The first kappa shape index (κ1) is 8.31. The van der Waals surface area contributed by atoms with E-state index >= 15 is 0 Å². The number of hydrogen-bond acceptors (Lipinski definition) is 1. The molecule has 2 aliphatic carbocycles. The van der Waals surface area contributed by atoms with Crippen LogP contribution in [0.4, 0.5) is 0 Å². The second-order valence-corrected chi connectivity index (χ2v) is 4.10. The average Bonchev–Trinajstić information content (AvgIpc) is 2.64. The van der Waals surface area contributed by atoms with Crippen molar-refractivity contribution in [3.63, 3.8) is 0 Å². The molecule has 1 fully saturated rings. The number of allylic oxidation sites excluding steroid dienone is 2. The lowest BCUT2D eigenvalue weighted by Gasteiger charge is -2.24. The Morgan fingerprint density at radius 1 is 1.42 bits per heavy atom. The van der Waals surface area contributed by atoms with E-state index in [9.17, 15) is 0 Å². The van der Waals surface area contributed by atoms with E-state index in [0.29, 0.717) is 6.10 Å². The lowest BCUT2D eigenvalue weighted by atomic mass is 9.89. The van der Waals surface area contributed by atoms with Crippen LogP contribution in [0.25, 0.3) is 0 Å². The van der Waals surface area contributed by atoms with Crippen LogP contribution in [-0.4, -0.2) is 12.7 Å². The first-order chi connectivity index (χ1) is 5.81. The van der Waals surface area contributed by atoms with E-state index in [4.69, 9.17) is 4.74 Å². The van der Waals surface area contributed by atoms with Crippen LogP contribution in [-0.2, 0) is 4.74 Å². The van der Waals surface area contributed by atoms with Gasteiger partial charge in [0.05, 0.1) is 6.10 Å². The summed E-state index contributed by atoms with van der Waals surface area (Å²) in [5.74, 6) is 2.51. The molecule has 0 saturated heterocycles. The number of hydrogen-bond donors (Lipinski definition) is 0. The smallest absolute Gasteiger partial charge is 0.0580 e. The first-order valence-corrected chi connectivity index (χ1v) is 5.11. The van der Waals surface area contributed by atoms with Gasteiger partial charge in [-0.3, -0.25) is 0 Å². The molecule has 4 unspecified atom stereocenters. The van der Waals surface area contributed by atoms with E-state index in [1.54, 1.807) is 0 Å². The lowest BCUT2D eigenvalue weighted by molar-refractivity contribution is 0.0245. The van der Waals surface area contributed by atoms with Crippen molar-refractivity contribution < 1.29 is 4.74 Å². The number of fused-ring (bicyclic) bond motifs is 2. The summed E-state index contributed by atoms with van der Waals surface area (Å²) in [5.41, 5.74) is 0. The minimum Gasteiger partial charge on any atom is -0.378 e. The van der Waals surface area contributed by atoms with Crippen LogP contribution in [0.1, 0.15) is 26.7 Å². The van der Waals surface area contributed by atoms with Crippen molar-refractivity contribution >= 4 is 0 Å². The minimum absolute atomic E-state index is 0.468. The predicted octanol–water partition coefficient (Wildman–Crippen LogP) is 2.62. The van der Waals surface area contributed by atoms with Crippen molar-refractivity contribution in [1.82, 2.24) is 0 Å². The zero-order valence-corrected chi connectivity index (χ0v) is 7.99. The first-order valence-electron chi connectivity index (χ1n) is 5.11. The summed E-state index contributed by atoms with van der Waals surface area (Å²) in [6.45, 7) is 5.17. The molecule has 2 bridgehead atoms. The molecule has 0 N–H and O–H groups in total. The standard InChI is InChI=1S/C11H18O/c1-3-12-8(2)11-7-9-4-5-10(11)6-9/h4-5,8-11H,3,6-7H2,1-2H3. The van der Waals surface area contributed by atoms with Gasteiger partial charge in [0.15, 0.2) is 0 Å². The van der Waals surface area contributed by atoms with Crippen LogP contribution in [0.2, 0.25) is 0 Å². The molecule has 1 saturated carbocycles. The summed E-state index contributed by atoms with van der Waals surface area (Å²) < 4.78 is 5.64. The van der Waals surface area contributed by atoms with Gasteiger partial charge in [0.25, 0.3) is 0 Å². The molecule has 0 heterocycles. The highest BCUT2D eigenvalue weighted by Crippen LogP contribution is 2.45. The molecular weight excluding hydrogens is 148 g/mol. The average molecular weight is 166 g/mol. The fraction of sp³-hybridized carbons (Fsp3) is 0.818. The summed E-state index contributed by atoms with van der Waals surface area (Å²) in [5, 5.41) is 0. The van der Waals surface area contributed by atoms with Crippen molar-refractivity contribution in [2.75, 3.05) is 6.61 Å². The largest absolute Gasteiger partial charge is 0.378 e. The highest BCUT2D eigenvalue weighted by molar-refractivity contribution is 5.11. The summed E-state index contributed by atoms with van der Waals surface area (Å²) in [6.07, 6.45) is 8.01. The van der Waals surface area contributed by atoms with Gasteiger partial charge in [-0.15, -0.1) is 0 Å². The maximum atomic E-state index is 5.64. The van der Waals surface area contributed by atoms with E-state index in [1.807, 2.05) is 0 Å². The third-order valence-corrected chi connectivity index (χ3v) is 3.36. The molecule has 0 spiro atoms. The quantitative estimate of drug-likeness (QED) is 0.586. The second-order valence-electron chi connectivity index (χ2n) is 4.10. The van der Waals surface area contributed by atoms with Crippen molar-refractivity contribution in [3.8, 4) is 0 Å². The molecule has 2 aliphatic rings. The van der Waals surface area contributed by atoms with Gasteiger partial charge in [0.1, 0.15) is 0 Å². The molecule has 0 amide bonds. The Morgan fingerprint density at radius 3 is 2.75 bits per heavy atom. The maximum absolute atomic E-state index is 5.64. The monoisotopic (exact) mass is 166 g/mol. The summed E-state index contributed by atoms with van der Waals surface area (Å²) in [4.78, 5) is 0. The molecule has 0 aliphatic heterocycles. The molecule has 68 valence electrons.